The van der Waals surface area contributed by atoms with Crippen molar-refractivity contribution >= 4 is 17.4 Å². The number of nitrogens with two attached hydrogens (primary N) is 1. The Hall–Kier alpha value is -2.90. The highest BCUT2D eigenvalue weighted by Gasteiger charge is 2.13. The summed E-state index contributed by atoms with van der Waals surface area (Å²) in [5.74, 6) is -0.250. The molecule has 0 aliphatic carbocycles. The highest BCUT2D eigenvalue weighted by molar-refractivity contribution is 6.30. The van der Waals surface area contributed by atoms with Crippen LogP contribution in [0.1, 0.15) is 5.56 Å². The molecule has 5 heteroatoms. The molecule has 2 aromatic carbocycles. The minimum atomic E-state index is -0.361. The molecule has 3 aromatic rings. The van der Waals surface area contributed by atoms with Crippen molar-refractivity contribution in [1.29, 1.82) is 5.26 Å². The Labute approximate surface area is 137 Å². The van der Waals surface area contributed by atoms with E-state index in [2.05, 4.69) is 11.1 Å². The van der Waals surface area contributed by atoms with Crippen molar-refractivity contribution < 1.29 is 4.39 Å². The van der Waals surface area contributed by atoms with Gasteiger partial charge < -0.3 is 5.73 Å². The lowest BCUT2D eigenvalue weighted by molar-refractivity contribution is 0.628. The maximum Gasteiger partial charge on any atom is 0.142 e. The molecular formula is C18H11ClFN3. The van der Waals surface area contributed by atoms with E-state index in [0.717, 1.165) is 5.56 Å². The number of halogens is 2. The summed E-state index contributed by atoms with van der Waals surface area (Å²) in [6.45, 7) is 0. The van der Waals surface area contributed by atoms with Gasteiger partial charge in [0, 0.05) is 16.1 Å². The molecule has 1 aromatic heterocycles. The van der Waals surface area contributed by atoms with Crippen LogP contribution in [0, 0.1) is 17.1 Å². The highest BCUT2D eigenvalue weighted by Crippen LogP contribution is 2.31. The lowest BCUT2D eigenvalue weighted by Crippen LogP contribution is -1.99. The van der Waals surface area contributed by atoms with Crippen molar-refractivity contribution in [3.05, 3.63) is 71.0 Å². The van der Waals surface area contributed by atoms with Gasteiger partial charge in [0.2, 0.25) is 0 Å². The van der Waals surface area contributed by atoms with E-state index in [-0.39, 0.29) is 17.2 Å². The highest BCUT2D eigenvalue weighted by atomic mass is 35.5. The molecule has 0 amide bonds. The van der Waals surface area contributed by atoms with Crippen molar-refractivity contribution in [1.82, 2.24) is 4.98 Å². The van der Waals surface area contributed by atoms with Crippen LogP contribution in [0.25, 0.3) is 22.4 Å². The number of anilines is 1. The van der Waals surface area contributed by atoms with E-state index in [4.69, 9.17) is 17.3 Å². The van der Waals surface area contributed by atoms with Crippen LogP contribution < -0.4 is 5.73 Å². The molecule has 112 valence electrons. The number of pyridine rings is 1. The predicted molar refractivity (Wildman–Crippen MR) is 89.2 cm³/mol. The van der Waals surface area contributed by atoms with E-state index in [1.165, 1.54) is 12.1 Å². The maximum atomic E-state index is 13.4. The van der Waals surface area contributed by atoms with E-state index in [1.54, 1.807) is 42.5 Å². The molecule has 23 heavy (non-hydrogen) atoms. The SMILES string of the molecule is N#Cc1c(-c2ccc(Cl)cc2)cc(-c2cccc(F)c2)nc1N. The van der Waals surface area contributed by atoms with Gasteiger partial charge in [-0.25, -0.2) is 9.37 Å². The first-order valence-electron chi connectivity index (χ1n) is 6.81. The van der Waals surface area contributed by atoms with E-state index in [0.29, 0.717) is 21.8 Å². The van der Waals surface area contributed by atoms with Gasteiger partial charge in [-0.15, -0.1) is 0 Å². The zero-order valence-corrected chi connectivity index (χ0v) is 12.7. The Balaban J connectivity index is 2.22. The van der Waals surface area contributed by atoms with Crippen molar-refractivity contribution in [2.45, 2.75) is 0 Å². The minimum Gasteiger partial charge on any atom is -0.383 e. The zero-order chi connectivity index (χ0) is 16.4. The Morgan fingerprint density at radius 1 is 1.04 bits per heavy atom. The summed E-state index contributed by atoms with van der Waals surface area (Å²) < 4.78 is 13.4. The van der Waals surface area contributed by atoms with E-state index in [9.17, 15) is 9.65 Å². The van der Waals surface area contributed by atoms with Crippen LogP contribution in [0.2, 0.25) is 5.02 Å². The molecule has 0 unspecified atom stereocenters. The molecule has 0 aliphatic rings. The zero-order valence-electron chi connectivity index (χ0n) is 11.9. The van der Waals surface area contributed by atoms with Gasteiger partial charge in [-0.3, -0.25) is 0 Å². The second-order valence-corrected chi connectivity index (χ2v) is 5.38. The molecule has 0 bridgehead atoms. The fourth-order valence-electron chi connectivity index (χ4n) is 2.34. The maximum absolute atomic E-state index is 13.4. The second-order valence-electron chi connectivity index (χ2n) is 4.94. The topological polar surface area (TPSA) is 62.7 Å². The normalized spacial score (nSPS) is 10.3. The summed E-state index contributed by atoms with van der Waals surface area (Å²) in [7, 11) is 0. The number of hydrogen-bond acceptors (Lipinski definition) is 3. The number of nitriles is 1. The van der Waals surface area contributed by atoms with Gasteiger partial charge in [-0.2, -0.15) is 5.26 Å². The number of nitrogens with zero attached hydrogens (tertiary/aromatic N) is 2. The van der Waals surface area contributed by atoms with Crippen LogP contribution in [-0.2, 0) is 0 Å². The van der Waals surface area contributed by atoms with Crippen LogP contribution in [0.4, 0.5) is 10.2 Å². The van der Waals surface area contributed by atoms with E-state index in [1.807, 2.05) is 0 Å². The Morgan fingerprint density at radius 3 is 2.43 bits per heavy atom. The molecule has 0 fully saturated rings. The smallest absolute Gasteiger partial charge is 0.142 e. The van der Waals surface area contributed by atoms with Gasteiger partial charge in [-0.1, -0.05) is 35.9 Å². The summed E-state index contributed by atoms with van der Waals surface area (Å²) in [6, 6.07) is 16.9. The molecular weight excluding hydrogens is 313 g/mol. The van der Waals surface area contributed by atoms with Crippen LogP contribution in [0.15, 0.2) is 54.6 Å². The van der Waals surface area contributed by atoms with E-state index < -0.39 is 0 Å². The Kier molecular flexibility index (Phi) is 3.96. The lowest BCUT2D eigenvalue weighted by Gasteiger charge is -2.10. The fraction of sp³-hybridized carbons (Fsp3) is 0. The molecule has 0 atom stereocenters. The van der Waals surface area contributed by atoms with Gasteiger partial charge in [0.15, 0.2) is 0 Å². The number of hydrogen-bond donors (Lipinski definition) is 1. The summed E-state index contributed by atoms with van der Waals surface area (Å²) in [6.07, 6.45) is 0. The van der Waals surface area contributed by atoms with E-state index >= 15 is 0 Å². The van der Waals surface area contributed by atoms with Gasteiger partial charge in [0.25, 0.3) is 0 Å². The van der Waals surface area contributed by atoms with Crippen LogP contribution in [-0.4, -0.2) is 4.98 Å². The second kappa shape index (κ2) is 6.07. The van der Waals surface area contributed by atoms with Gasteiger partial charge in [-0.05, 0) is 35.9 Å². The lowest BCUT2D eigenvalue weighted by atomic mass is 9.98. The van der Waals surface area contributed by atoms with Gasteiger partial charge in [0.1, 0.15) is 23.3 Å². The molecule has 0 spiro atoms. The Bertz CT molecular complexity index is 915. The van der Waals surface area contributed by atoms with Crippen molar-refractivity contribution in [2.24, 2.45) is 0 Å². The number of nitrogen functional groups attached to an aromatic ring is 1. The molecule has 0 saturated heterocycles. The molecule has 0 radical (unpaired) electrons. The summed E-state index contributed by atoms with van der Waals surface area (Å²) in [5.41, 5.74) is 8.73. The summed E-state index contributed by atoms with van der Waals surface area (Å²) in [4.78, 5) is 4.22. The largest absolute Gasteiger partial charge is 0.383 e. The molecule has 3 rings (SSSR count). The van der Waals surface area contributed by atoms with Crippen LogP contribution >= 0.6 is 11.6 Å². The standard InChI is InChI=1S/C18H11ClFN3/c19-13-6-4-11(5-7-13)15-9-17(23-18(22)16(15)10-21)12-2-1-3-14(20)8-12/h1-9H,(H2,22,23). The first-order valence-corrected chi connectivity index (χ1v) is 7.19. The average molecular weight is 324 g/mol. The van der Waals surface area contributed by atoms with Crippen molar-refractivity contribution in [3.8, 4) is 28.5 Å². The summed E-state index contributed by atoms with van der Waals surface area (Å²) in [5, 5.41) is 9.96. The van der Waals surface area contributed by atoms with Crippen LogP contribution in [0.5, 0.6) is 0 Å². The molecule has 3 nitrogen and oxygen atoms in total. The third-order valence-electron chi connectivity index (χ3n) is 3.43. The van der Waals surface area contributed by atoms with Crippen molar-refractivity contribution in [2.75, 3.05) is 5.73 Å². The van der Waals surface area contributed by atoms with Crippen LogP contribution in [0.3, 0.4) is 0 Å². The number of aromatic nitrogens is 1. The third kappa shape index (κ3) is 3.01. The molecule has 0 saturated carbocycles. The quantitative estimate of drug-likeness (QED) is 0.746. The fourth-order valence-corrected chi connectivity index (χ4v) is 2.46. The molecule has 2 N–H and O–H groups in total. The number of benzene rings is 2. The Morgan fingerprint density at radius 2 is 1.78 bits per heavy atom. The average Bonchev–Trinajstić information content (AvgIpc) is 2.55. The van der Waals surface area contributed by atoms with Gasteiger partial charge in [0.05, 0.1) is 5.69 Å². The number of rotatable bonds is 2. The minimum absolute atomic E-state index is 0.110. The van der Waals surface area contributed by atoms with Gasteiger partial charge >= 0.3 is 0 Å². The monoisotopic (exact) mass is 323 g/mol. The van der Waals surface area contributed by atoms with Crippen molar-refractivity contribution in [3.63, 3.8) is 0 Å². The molecule has 1 heterocycles. The predicted octanol–water partition coefficient (Wildman–Crippen LogP) is 4.66. The third-order valence-corrected chi connectivity index (χ3v) is 3.69. The molecule has 0 aliphatic heterocycles. The first-order chi connectivity index (χ1) is 11.1. The summed E-state index contributed by atoms with van der Waals surface area (Å²) >= 11 is 5.90. The first kappa shape index (κ1) is 15.0.